The van der Waals surface area contributed by atoms with E-state index in [4.69, 9.17) is 9.84 Å². The summed E-state index contributed by atoms with van der Waals surface area (Å²) < 4.78 is 30.1. The molecule has 1 aliphatic rings. The molecule has 0 aromatic carbocycles. The Morgan fingerprint density at radius 3 is 2.87 bits per heavy atom. The van der Waals surface area contributed by atoms with Gasteiger partial charge in [0.05, 0.1) is 19.0 Å². The van der Waals surface area contributed by atoms with Crippen molar-refractivity contribution in [1.82, 2.24) is 4.31 Å². The van der Waals surface area contributed by atoms with Crippen LogP contribution in [0, 0.1) is 0 Å². The summed E-state index contributed by atoms with van der Waals surface area (Å²) >= 11 is 0. The van der Waals surface area contributed by atoms with Gasteiger partial charge in [0.1, 0.15) is 0 Å². The highest BCUT2D eigenvalue weighted by Gasteiger charge is 2.33. The molecule has 0 radical (unpaired) electrons. The molecule has 0 aliphatic carbocycles. The zero-order valence-electron chi connectivity index (χ0n) is 9.05. The van der Waals surface area contributed by atoms with Crippen molar-refractivity contribution in [2.75, 3.05) is 32.1 Å². The lowest BCUT2D eigenvalue weighted by Crippen LogP contribution is -2.39. The maximum atomic E-state index is 11.8. The first-order valence-corrected chi connectivity index (χ1v) is 6.91. The fraction of sp³-hybridized carbons (Fsp3) is 1.00. The third-order valence-corrected chi connectivity index (χ3v) is 4.46. The molecule has 1 heterocycles. The van der Waals surface area contributed by atoms with Gasteiger partial charge in [0.2, 0.25) is 10.0 Å². The molecule has 1 aliphatic heterocycles. The second kappa shape index (κ2) is 5.79. The predicted molar refractivity (Wildman–Crippen MR) is 57.1 cm³/mol. The average Bonchev–Trinajstić information content (AvgIpc) is 2.66. The number of sulfonamides is 1. The van der Waals surface area contributed by atoms with Crippen molar-refractivity contribution < 1.29 is 18.3 Å². The Bertz CT molecular complexity index is 278. The van der Waals surface area contributed by atoms with Gasteiger partial charge in [0.25, 0.3) is 0 Å². The second-order valence-electron chi connectivity index (χ2n) is 3.60. The molecule has 6 heteroatoms. The predicted octanol–water partition coefficient (Wildman–Crippen LogP) is -0.191. The van der Waals surface area contributed by atoms with E-state index < -0.39 is 10.0 Å². The first-order valence-electron chi connectivity index (χ1n) is 5.30. The van der Waals surface area contributed by atoms with Crippen LogP contribution in [-0.4, -0.2) is 56.0 Å². The van der Waals surface area contributed by atoms with E-state index >= 15 is 0 Å². The standard InChI is InChI=1S/C9H19NO4S/c1-2-14-6-7-15(12,13)10-5-3-4-9(10)8-11/h9,11H,2-8H2,1H3/t9-/m1/s1. The molecule has 1 rings (SSSR count). The summed E-state index contributed by atoms with van der Waals surface area (Å²) in [7, 11) is -3.25. The summed E-state index contributed by atoms with van der Waals surface area (Å²) in [6.45, 7) is 3.03. The molecule has 90 valence electrons. The van der Waals surface area contributed by atoms with E-state index in [0.717, 1.165) is 12.8 Å². The molecule has 0 aromatic heterocycles. The Morgan fingerprint density at radius 2 is 2.27 bits per heavy atom. The maximum absolute atomic E-state index is 11.8. The van der Waals surface area contributed by atoms with Gasteiger partial charge in [0.15, 0.2) is 0 Å². The van der Waals surface area contributed by atoms with Crippen LogP contribution in [-0.2, 0) is 14.8 Å². The lowest BCUT2D eigenvalue weighted by molar-refractivity contribution is 0.161. The normalized spacial score (nSPS) is 23.5. The minimum atomic E-state index is -3.25. The highest BCUT2D eigenvalue weighted by atomic mass is 32.2. The second-order valence-corrected chi connectivity index (χ2v) is 5.64. The van der Waals surface area contributed by atoms with Crippen molar-refractivity contribution in [1.29, 1.82) is 0 Å². The molecule has 1 N–H and O–H groups in total. The number of rotatable bonds is 6. The molecule has 5 nitrogen and oxygen atoms in total. The third-order valence-electron chi connectivity index (χ3n) is 2.58. The highest BCUT2D eigenvalue weighted by Crippen LogP contribution is 2.20. The van der Waals surface area contributed by atoms with Crippen LogP contribution in [0.25, 0.3) is 0 Å². The third kappa shape index (κ3) is 3.41. The monoisotopic (exact) mass is 237 g/mol. The summed E-state index contributed by atoms with van der Waals surface area (Å²) in [5.74, 6) is 0.0112. The number of hydrogen-bond acceptors (Lipinski definition) is 4. The summed E-state index contributed by atoms with van der Waals surface area (Å²) in [6, 6.07) is -0.225. The highest BCUT2D eigenvalue weighted by molar-refractivity contribution is 7.89. The number of hydrogen-bond donors (Lipinski definition) is 1. The van der Waals surface area contributed by atoms with E-state index in [9.17, 15) is 8.42 Å². The van der Waals surface area contributed by atoms with Crippen LogP contribution < -0.4 is 0 Å². The summed E-state index contributed by atoms with van der Waals surface area (Å²) in [4.78, 5) is 0. The SMILES string of the molecule is CCOCCS(=O)(=O)N1CCC[C@@H]1CO. The van der Waals surface area contributed by atoms with E-state index in [0.29, 0.717) is 13.2 Å². The molecule has 0 bridgehead atoms. The van der Waals surface area contributed by atoms with E-state index in [1.165, 1.54) is 4.31 Å². The molecule has 1 fully saturated rings. The van der Waals surface area contributed by atoms with E-state index in [1.807, 2.05) is 6.92 Å². The Balaban J connectivity index is 2.52. The number of ether oxygens (including phenoxy) is 1. The molecule has 0 saturated carbocycles. The Kier molecular flexibility index (Phi) is 4.98. The zero-order chi connectivity index (χ0) is 11.3. The quantitative estimate of drug-likeness (QED) is 0.650. The zero-order valence-corrected chi connectivity index (χ0v) is 9.87. The molecule has 0 unspecified atom stereocenters. The van der Waals surface area contributed by atoms with Crippen molar-refractivity contribution in [2.45, 2.75) is 25.8 Å². The molecule has 1 saturated heterocycles. The van der Waals surface area contributed by atoms with Gasteiger partial charge in [-0.3, -0.25) is 0 Å². The van der Waals surface area contributed by atoms with Crippen LogP contribution in [0.3, 0.4) is 0 Å². The van der Waals surface area contributed by atoms with Gasteiger partial charge in [-0.05, 0) is 19.8 Å². The Labute approximate surface area is 91.1 Å². The smallest absolute Gasteiger partial charge is 0.216 e. The minimum Gasteiger partial charge on any atom is -0.395 e. The van der Waals surface area contributed by atoms with Gasteiger partial charge in [0, 0.05) is 19.2 Å². The van der Waals surface area contributed by atoms with Crippen molar-refractivity contribution in [3.8, 4) is 0 Å². The summed E-state index contributed by atoms with van der Waals surface area (Å²) in [6.07, 6.45) is 1.59. The Morgan fingerprint density at radius 1 is 1.53 bits per heavy atom. The Hall–Kier alpha value is -0.170. The van der Waals surface area contributed by atoms with Gasteiger partial charge in [-0.15, -0.1) is 0 Å². The molecular weight excluding hydrogens is 218 g/mol. The molecular formula is C9H19NO4S. The van der Waals surface area contributed by atoms with Crippen LogP contribution in [0.15, 0.2) is 0 Å². The van der Waals surface area contributed by atoms with E-state index in [-0.39, 0.29) is 25.0 Å². The van der Waals surface area contributed by atoms with Crippen LogP contribution in [0.1, 0.15) is 19.8 Å². The van der Waals surface area contributed by atoms with Crippen molar-refractivity contribution in [3.05, 3.63) is 0 Å². The van der Waals surface area contributed by atoms with Gasteiger partial charge >= 0.3 is 0 Å². The van der Waals surface area contributed by atoms with Gasteiger partial charge in [-0.2, -0.15) is 4.31 Å². The molecule has 1 atom stereocenters. The van der Waals surface area contributed by atoms with Crippen molar-refractivity contribution in [2.24, 2.45) is 0 Å². The van der Waals surface area contributed by atoms with Gasteiger partial charge in [-0.1, -0.05) is 0 Å². The molecule has 0 aromatic rings. The number of aliphatic hydroxyl groups is 1. The largest absolute Gasteiger partial charge is 0.395 e. The van der Waals surface area contributed by atoms with Gasteiger partial charge < -0.3 is 9.84 Å². The van der Waals surface area contributed by atoms with E-state index in [2.05, 4.69) is 0 Å². The minimum absolute atomic E-state index is 0.0112. The fourth-order valence-electron chi connectivity index (χ4n) is 1.78. The number of aliphatic hydroxyl groups excluding tert-OH is 1. The van der Waals surface area contributed by atoms with Crippen LogP contribution >= 0.6 is 0 Å². The molecule has 15 heavy (non-hydrogen) atoms. The lowest BCUT2D eigenvalue weighted by atomic mass is 10.2. The van der Waals surface area contributed by atoms with Crippen LogP contribution in [0.2, 0.25) is 0 Å². The molecule has 0 amide bonds. The molecule has 0 spiro atoms. The van der Waals surface area contributed by atoms with E-state index in [1.54, 1.807) is 0 Å². The maximum Gasteiger partial charge on any atom is 0.216 e. The number of nitrogens with zero attached hydrogens (tertiary/aromatic N) is 1. The van der Waals surface area contributed by atoms with Crippen LogP contribution in [0.5, 0.6) is 0 Å². The first-order chi connectivity index (χ1) is 7.11. The fourth-order valence-corrected chi connectivity index (χ4v) is 3.38. The van der Waals surface area contributed by atoms with Gasteiger partial charge in [-0.25, -0.2) is 8.42 Å². The first kappa shape index (κ1) is 12.9. The topological polar surface area (TPSA) is 66.8 Å². The van der Waals surface area contributed by atoms with Crippen molar-refractivity contribution >= 4 is 10.0 Å². The average molecular weight is 237 g/mol. The summed E-state index contributed by atoms with van der Waals surface area (Å²) in [5, 5.41) is 9.03. The summed E-state index contributed by atoms with van der Waals surface area (Å²) in [5.41, 5.74) is 0. The lowest BCUT2D eigenvalue weighted by Gasteiger charge is -2.22. The van der Waals surface area contributed by atoms with Crippen LogP contribution in [0.4, 0.5) is 0 Å². The van der Waals surface area contributed by atoms with Crippen molar-refractivity contribution in [3.63, 3.8) is 0 Å².